The minimum Gasteiger partial charge on any atom is -0.504 e. The van der Waals surface area contributed by atoms with Gasteiger partial charge < -0.3 is 15.3 Å². The van der Waals surface area contributed by atoms with Crippen LogP contribution in [0.2, 0.25) is 0 Å². The number of hydrogen-bond donors (Lipinski definition) is 3. The summed E-state index contributed by atoms with van der Waals surface area (Å²) < 4.78 is 0. The lowest BCUT2D eigenvalue weighted by Crippen LogP contribution is -2.55. The van der Waals surface area contributed by atoms with Crippen LogP contribution in [0, 0.1) is 28.6 Å². The van der Waals surface area contributed by atoms with E-state index in [0.717, 1.165) is 44.1 Å². The van der Waals surface area contributed by atoms with Crippen LogP contribution in [0.15, 0.2) is 11.3 Å². The molecule has 6 atom stereocenters. The molecule has 5 heteroatoms. The molecular weight excluding hydrogens is 332 g/mol. The van der Waals surface area contributed by atoms with Gasteiger partial charge in [-0.3, -0.25) is 9.59 Å². The Hall–Kier alpha value is -1.36. The van der Waals surface area contributed by atoms with E-state index in [0.29, 0.717) is 30.6 Å². The number of aliphatic carboxylic acids is 1. The predicted molar refractivity (Wildman–Crippen MR) is 95.5 cm³/mol. The number of aliphatic hydroxyl groups is 2. The second-order valence-electron chi connectivity index (χ2n) is 9.68. The zero-order valence-corrected chi connectivity index (χ0v) is 15.8. The Bertz CT molecular complexity index is 697. The minimum atomic E-state index is -1.11. The quantitative estimate of drug-likeness (QED) is 0.697. The van der Waals surface area contributed by atoms with Crippen molar-refractivity contribution in [2.45, 2.75) is 77.2 Å². The fourth-order valence-electron chi connectivity index (χ4n) is 7.34. The van der Waals surface area contributed by atoms with Gasteiger partial charge in [0.2, 0.25) is 0 Å². The molecule has 3 N–H and O–H groups in total. The number of aliphatic hydroxyl groups excluding tert-OH is 1. The maximum Gasteiger partial charge on any atom is 0.306 e. The molecule has 0 amide bonds. The van der Waals surface area contributed by atoms with Crippen molar-refractivity contribution in [3.63, 3.8) is 0 Å². The van der Waals surface area contributed by atoms with Gasteiger partial charge in [-0.05, 0) is 79.1 Å². The molecule has 4 aliphatic rings. The molecule has 3 fully saturated rings. The zero-order chi connectivity index (χ0) is 18.9. The molecule has 0 aromatic rings. The molecule has 4 aliphatic carbocycles. The maximum atomic E-state index is 12.0. The van der Waals surface area contributed by atoms with Gasteiger partial charge in [0.05, 0.1) is 12.0 Å². The highest BCUT2D eigenvalue weighted by Crippen LogP contribution is 2.68. The van der Waals surface area contributed by atoms with Crippen LogP contribution in [-0.2, 0) is 9.59 Å². The largest absolute Gasteiger partial charge is 0.504 e. The van der Waals surface area contributed by atoms with Crippen molar-refractivity contribution in [1.82, 2.24) is 0 Å². The lowest BCUT2D eigenvalue weighted by Gasteiger charge is -2.59. The van der Waals surface area contributed by atoms with Gasteiger partial charge in [0.15, 0.2) is 11.5 Å². The third-order valence-corrected chi connectivity index (χ3v) is 8.86. The molecule has 26 heavy (non-hydrogen) atoms. The van der Waals surface area contributed by atoms with E-state index < -0.39 is 11.6 Å². The van der Waals surface area contributed by atoms with Crippen molar-refractivity contribution >= 4 is 11.8 Å². The van der Waals surface area contributed by atoms with Gasteiger partial charge in [-0.25, -0.2) is 0 Å². The average Bonchev–Trinajstić information content (AvgIpc) is 2.82. The smallest absolute Gasteiger partial charge is 0.306 e. The summed E-state index contributed by atoms with van der Waals surface area (Å²) in [6, 6.07) is 0. The van der Waals surface area contributed by atoms with Crippen LogP contribution in [0.25, 0.3) is 0 Å². The van der Waals surface area contributed by atoms with E-state index in [4.69, 9.17) is 0 Å². The van der Waals surface area contributed by atoms with Crippen molar-refractivity contribution in [2.75, 3.05) is 0 Å². The van der Waals surface area contributed by atoms with E-state index in [9.17, 15) is 24.9 Å². The molecule has 0 spiro atoms. The van der Waals surface area contributed by atoms with Gasteiger partial charge in [0, 0.05) is 6.42 Å². The maximum absolute atomic E-state index is 12.0. The molecule has 0 aliphatic heterocycles. The molecule has 4 rings (SSSR count). The van der Waals surface area contributed by atoms with Crippen LogP contribution in [-0.4, -0.2) is 32.7 Å². The Balaban J connectivity index is 1.68. The highest BCUT2D eigenvalue weighted by molar-refractivity contribution is 5.95. The third kappa shape index (κ3) is 2.19. The van der Waals surface area contributed by atoms with Crippen LogP contribution >= 0.6 is 0 Å². The molecule has 0 heterocycles. The summed E-state index contributed by atoms with van der Waals surface area (Å²) in [4.78, 5) is 23.3. The van der Waals surface area contributed by atoms with Crippen molar-refractivity contribution in [1.29, 1.82) is 0 Å². The summed E-state index contributed by atoms with van der Waals surface area (Å²) in [6.07, 6.45) is 5.91. The van der Waals surface area contributed by atoms with E-state index in [1.165, 1.54) is 0 Å². The summed E-state index contributed by atoms with van der Waals surface area (Å²) in [5, 5.41) is 30.9. The molecule has 0 saturated heterocycles. The van der Waals surface area contributed by atoms with Crippen LogP contribution in [0.1, 0.15) is 71.6 Å². The van der Waals surface area contributed by atoms with E-state index in [-0.39, 0.29) is 28.8 Å². The number of fused-ring (bicyclic) bond motifs is 5. The Morgan fingerprint density at radius 2 is 1.77 bits per heavy atom. The van der Waals surface area contributed by atoms with E-state index >= 15 is 0 Å². The van der Waals surface area contributed by atoms with Crippen LogP contribution < -0.4 is 0 Å². The molecular formula is C21H30O5. The number of Topliss-reactive ketones (excluding diaryl/α,β-unsaturated/α-hetero) is 1. The first-order chi connectivity index (χ1) is 12.1. The van der Waals surface area contributed by atoms with Crippen molar-refractivity contribution < 1.29 is 24.9 Å². The Kier molecular flexibility index (Phi) is 3.86. The molecule has 0 aromatic carbocycles. The number of carboxylic acids is 1. The molecule has 0 aromatic heterocycles. The standard InChI is InChI=1S/C21H30O5/c1-19-8-7-16(22)18(25)15(19)4-3-12-13(19)5-9-20(2)14(12)6-10-21(20,26)11-17(23)24/h12-14,25-26H,3-11H2,1-2H3,(H,23,24)/t12-,13+,14+,19-,20+,21-/m1/s1. The summed E-state index contributed by atoms with van der Waals surface area (Å²) >= 11 is 0. The van der Waals surface area contributed by atoms with Gasteiger partial charge in [-0.2, -0.15) is 0 Å². The molecule has 3 saturated carbocycles. The van der Waals surface area contributed by atoms with Gasteiger partial charge in [0.25, 0.3) is 0 Å². The van der Waals surface area contributed by atoms with Gasteiger partial charge in [-0.1, -0.05) is 13.8 Å². The number of allylic oxidation sites excluding steroid dienone is 1. The fraction of sp³-hybridized carbons (Fsp3) is 0.810. The second-order valence-corrected chi connectivity index (χ2v) is 9.68. The number of ketones is 1. The average molecular weight is 362 g/mol. The van der Waals surface area contributed by atoms with Crippen LogP contribution in [0.3, 0.4) is 0 Å². The predicted octanol–water partition coefficient (Wildman–Crippen LogP) is 3.61. The van der Waals surface area contributed by atoms with Crippen molar-refractivity contribution in [3.05, 3.63) is 11.3 Å². The topological polar surface area (TPSA) is 94.8 Å². The van der Waals surface area contributed by atoms with Crippen LogP contribution in [0.5, 0.6) is 0 Å². The minimum absolute atomic E-state index is 0.0133. The lowest BCUT2D eigenvalue weighted by molar-refractivity contribution is -0.158. The van der Waals surface area contributed by atoms with Gasteiger partial charge in [0.1, 0.15) is 0 Å². The van der Waals surface area contributed by atoms with E-state index in [2.05, 4.69) is 13.8 Å². The summed E-state index contributed by atoms with van der Waals surface area (Å²) in [7, 11) is 0. The first kappa shape index (κ1) is 18.0. The Morgan fingerprint density at radius 3 is 2.46 bits per heavy atom. The molecule has 144 valence electrons. The number of carboxylic acid groups (broad SMARTS) is 1. The monoisotopic (exact) mass is 362 g/mol. The van der Waals surface area contributed by atoms with E-state index in [1.807, 2.05) is 0 Å². The van der Waals surface area contributed by atoms with Crippen LogP contribution in [0.4, 0.5) is 0 Å². The van der Waals surface area contributed by atoms with Crippen molar-refractivity contribution in [2.24, 2.45) is 28.6 Å². The molecule has 0 radical (unpaired) electrons. The normalized spacial score (nSPS) is 48.0. The SMILES string of the molecule is C[C@]12CCC(=O)C(O)=C1CC[C@@H]1[C@@H]2CC[C@@]2(C)[C@H]1CC[C@@]2(O)CC(=O)O. The van der Waals surface area contributed by atoms with Crippen molar-refractivity contribution in [3.8, 4) is 0 Å². The summed E-state index contributed by atoms with van der Waals surface area (Å²) in [5.74, 6) is 0.141. The first-order valence-electron chi connectivity index (χ1n) is 10.0. The fourth-order valence-corrected chi connectivity index (χ4v) is 7.34. The molecule has 0 bridgehead atoms. The highest BCUT2D eigenvalue weighted by atomic mass is 16.4. The molecule has 0 unspecified atom stereocenters. The number of rotatable bonds is 2. The first-order valence-corrected chi connectivity index (χ1v) is 10.0. The Morgan fingerprint density at radius 1 is 1.08 bits per heavy atom. The number of carbonyl (C=O) groups is 2. The molecule has 5 nitrogen and oxygen atoms in total. The number of carbonyl (C=O) groups excluding carboxylic acids is 1. The second kappa shape index (κ2) is 5.57. The Labute approximate surface area is 154 Å². The van der Waals surface area contributed by atoms with E-state index in [1.54, 1.807) is 0 Å². The lowest BCUT2D eigenvalue weighted by atomic mass is 9.46. The highest BCUT2D eigenvalue weighted by Gasteiger charge is 2.64. The zero-order valence-electron chi connectivity index (χ0n) is 15.8. The summed E-state index contributed by atoms with van der Waals surface area (Å²) in [6.45, 7) is 4.31. The number of hydrogen-bond acceptors (Lipinski definition) is 4. The van der Waals surface area contributed by atoms with Gasteiger partial charge >= 0.3 is 5.97 Å². The summed E-state index contributed by atoms with van der Waals surface area (Å²) in [5.41, 5.74) is -0.639. The third-order valence-electron chi connectivity index (χ3n) is 8.86. The van der Waals surface area contributed by atoms with Gasteiger partial charge in [-0.15, -0.1) is 0 Å².